The van der Waals surface area contributed by atoms with Crippen LogP contribution in [0.1, 0.15) is 43.6 Å². The van der Waals surface area contributed by atoms with E-state index in [1.807, 2.05) is 0 Å². The second-order valence-electron chi connectivity index (χ2n) is 5.63. The highest BCUT2D eigenvalue weighted by atomic mass is 79.9. The smallest absolute Gasteiger partial charge is 0.0178 e. The molecule has 0 bridgehead atoms. The van der Waals surface area contributed by atoms with E-state index in [-0.39, 0.29) is 0 Å². The predicted octanol–water partition coefficient (Wildman–Crippen LogP) is 4.08. The third kappa shape index (κ3) is 2.74. The highest BCUT2D eigenvalue weighted by molar-refractivity contribution is 9.10. The van der Waals surface area contributed by atoms with Gasteiger partial charge in [0.25, 0.3) is 0 Å². The SMILES string of the molecule is Brc1cccc(C2CC(NCC3CCC3)C2)c1. The highest BCUT2D eigenvalue weighted by Crippen LogP contribution is 2.38. The van der Waals surface area contributed by atoms with Crippen molar-refractivity contribution in [3.05, 3.63) is 34.3 Å². The summed E-state index contributed by atoms with van der Waals surface area (Å²) in [5.41, 5.74) is 1.50. The number of benzene rings is 1. The molecular weight excluding hydrogens is 274 g/mol. The van der Waals surface area contributed by atoms with Gasteiger partial charge in [0.15, 0.2) is 0 Å². The van der Waals surface area contributed by atoms with Crippen molar-refractivity contribution in [2.45, 2.75) is 44.1 Å². The second kappa shape index (κ2) is 5.11. The van der Waals surface area contributed by atoms with Crippen LogP contribution in [0.5, 0.6) is 0 Å². The van der Waals surface area contributed by atoms with Gasteiger partial charge in [-0.25, -0.2) is 0 Å². The molecule has 0 atom stereocenters. The van der Waals surface area contributed by atoms with E-state index >= 15 is 0 Å². The monoisotopic (exact) mass is 293 g/mol. The fourth-order valence-electron chi connectivity index (χ4n) is 2.85. The Labute approximate surface area is 112 Å². The van der Waals surface area contributed by atoms with E-state index in [4.69, 9.17) is 0 Å². The summed E-state index contributed by atoms with van der Waals surface area (Å²) in [6.45, 7) is 1.26. The van der Waals surface area contributed by atoms with Crippen LogP contribution in [0, 0.1) is 5.92 Å². The first-order valence-corrected chi connectivity index (χ1v) is 7.59. The van der Waals surface area contributed by atoms with E-state index in [9.17, 15) is 0 Å². The fourth-order valence-corrected chi connectivity index (χ4v) is 3.26. The minimum atomic E-state index is 0.777. The van der Waals surface area contributed by atoms with Crippen LogP contribution in [0.3, 0.4) is 0 Å². The maximum atomic E-state index is 3.72. The molecule has 1 aromatic rings. The summed E-state index contributed by atoms with van der Waals surface area (Å²) in [4.78, 5) is 0. The lowest BCUT2D eigenvalue weighted by atomic mass is 9.75. The quantitative estimate of drug-likeness (QED) is 0.882. The first-order chi connectivity index (χ1) is 8.31. The Balaban J connectivity index is 1.44. The van der Waals surface area contributed by atoms with Gasteiger partial charge in [0, 0.05) is 10.5 Å². The van der Waals surface area contributed by atoms with Crippen molar-refractivity contribution in [2.75, 3.05) is 6.54 Å². The zero-order valence-corrected chi connectivity index (χ0v) is 11.7. The van der Waals surface area contributed by atoms with Gasteiger partial charge in [0.1, 0.15) is 0 Å². The molecule has 0 spiro atoms. The Morgan fingerprint density at radius 1 is 1.24 bits per heavy atom. The van der Waals surface area contributed by atoms with E-state index < -0.39 is 0 Å². The normalized spacial score (nSPS) is 28.5. The lowest BCUT2D eigenvalue weighted by molar-refractivity contribution is 0.237. The molecular formula is C15H20BrN. The van der Waals surface area contributed by atoms with E-state index in [2.05, 4.69) is 45.5 Å². The van der Waals surface area contributed by atoms with Crippen LogP contribution in [0.4, 0.5) is 0 Å². The Morgan fingerprint density at radius 3 is 2.71 bits per heavy atom. The van der Waals surface area contributed by atoms with Gasteiger partial charge in [0.2, 0.25) is 0 Å². The molecule has 2 aliphatic rings. The molecule has 1 aromatic carbocycles. The van der Waals surface area contributed by atoms with Gasteiger partial charge in [-0.2, -0.15) is 0 Å². The van der Waals surface area contributed by atoms with Crippen LogP contribution >= 0.6 is 15.9 Å². The summed E-state index contributed by atoms with van der Waals surface area (Å²) in [6, 6.07) is 9.56. The summed E-state index contributed by atoms with van der Waals surface area (Å²) in [5, 5.41) is 3.72. The molecule has 1 nitrogen and oxygen atoms in total. The number of nitrogens with one attached hydrogen (secondary N) is 1. The van der Waals surface area contributed by atoms with Crippen LogP contribution in [0.15, 0.2) is 28.7 Å². The van der Waals surface area contributed by atoms with Crippen LogP contribution in [-0.4, -0.2) is 12.6 Å². The topological polar surface area (TPSA) is 12.0 Å². The standard InChI is InChI=1S/C15H20BrN/c16-14-6-2-5-12(7-14)13-8-15(9-13)17-10-11-3-1-4-11/h2,5-7,11,13,15,17H,1,3-4,8-10H2. The van der Waals surface area contributed by atoms with Gasteiger partial charge in [-0.1, -0.05) is 34.5 Å². The molecule has 2 saturated carbocycles. The molecule has 0 aliphatic heterocycles. The molecule has 2 aliphatic carbocycles. The van der Waals surface area contributed by atoms with Crippen molar-refractivity contribution in [3.63, 3.8) is 0 Å². The van der Waals surface area contributed by atoms with E-state index in [0.29, 0.717) is 0 Å². The first kappa shape index (κ1) is 11.7. The lowest BCUT2D eigenvalue weighted by Crippen LogP contribution is -2.43. The number of rotatable bonds is 4. The Hall–Kier alpha value is -0.340. The molecule has 2 heteroatoms. The van der Waals surface area contributed by atoms with Crippen LogP contribution < -0.4 is 5.32 Å². The largest absolute Gasteiger partial charge is 0.314 e. The van der Waals surface area contributed by atoms with E-state index in [0.717, 1.165) is 17.9 Å². The lowest BCUT2D eigenvalue weighted by Gasteiger charge is -2.38. The molecule has 0 radical (unpaired) electrons. The predicted molar refractivity (Wildman–Crippen MR) is 75.2 cm³/mol. The molecule has 0 unspecified atom stereocenters. The second-order valence-corrected chi connectivity index (χ2v) is 6.54. The summed E-state index contributed by atoms with van der Waals surface area (Å²) in [5.74, 6) is 1.77. The third-order valence-corrected chi connectivity index (χ3v) is 4.87. The maximum Gasteiger partial charge on any atom is 0.0178 e. The average Bonchev–Trinajstić information content (AvgIpc) is 2.18. The molecule has 0 aromatic heterocycles. The number of halogens is 1. The molecule has 0 saturated heterocycles. The summed E-state index contributed by atoms with van der Waals surface area (Å²) in [6.07, 6.45) is 7.01. The van der Waals surface area contributed by atoms with Crippen molar-refractivity contribution in [2.24, 2.45) is 5.92 Å². The van der Waals surface area contributed by atoms with Gasteiger partial charge in [-0.15, -0.1) is 0 Å². The number of hydrogen-bond donors (Lipinski definition) is 1. The summed E-state index contributed by atoms with van der Waals surface area (Å²) in [7, 11) is 0. The summed E-state index contributed by atoms with van der Waals surface area (Å²) < 4.78 is 1.21. The minimum Gasteiger partial charge on any atom is -0.314 e. The van der Waals surface area contributed by atoms with Gasteiger partial charge >= 0.3 is 0 Å². The maximum absolute atomic E-state index is 3.72. The average molecular weight is 294 g/mol. The molecule has 0 heterocycles. The van der Waals surface area contributed by atoms with Gasteiger partial charge in [0.05, 0.1) is 0 Å². The molecule has 0 amide bonds. The van der Waals surface area contributed by atoms with E-state index in [1.54, 1.807) is 0 Å². The number of hydrogen-bond acceptors (Lipinski definition) is 1. The van der Waals surface area contributed by atoms with E-state index in [1.165, 1.54) is 48.7 Å². The van der Waals surface area contributed by atoms with Crippen molar-refractivity contribution < 1.29 is 0 Å². The molecule has 1 N–H and O–H groups in total. The molecule has 92 valence electrons. The van der Waals surface area contributed by atoms with Crippen LogP contribution in [0.25, 0.3) is 0 Å². The van der Waals surface area contributed by atoms with Crippen LogP contribution in [-0.2, 0) is 0 Å². The highest BCUT2D eigenvalue weighted by Gasteiger charge is 2.30. The van der Waals surface area contributed by atoms with Crippen LogP contribution in [0.2, 0.25) is 0 Å². The minimum absolute atomic E-state index is 0.777. The Kier molecular flexibility index (Phi) is 3.53. The summed E-state index contributed by atoms with van der Waals surface area (Å²) >= 11 is 3.55. The molecule has 2 fully saturated rings. The van der Waals surface area contributed by atoms with Gasteiger partial charge in [-0.05, 0) is 61.8 Å². The van der Waals surface area contributed by atoms with Crippen molar-refractivity contribution in [1.29, 1.82) is 0 Å². The Bertz CT molecular complexity index is 380. The molecule has 3 rings (SSSR count). The Morgan fingerprint density at radius 2 is 2.06 bits per heavy atom. The first-order valence-electron chi connectivity index (χ1n) is 6.80. The van der Waals surface area contributed by atoms with Gasteiger partial charge in [-0.3, -0.25) is 0 Å². The third-order valence-electron chi connectivity index (χ3n) is 4.38. The van der Waals surface area contributed by atoms with Crippen molar-refractivity contribution >= 4 is 15.9 Å². The molecule has 17 heavy (non-hydrogen) atoms. The zero-order chi connectivity index (χ0) is 11.7. The van der Waals surface area contributed by atoms with Crippen molar-refractivity contribution in [1.82, 2.24) is 5.32 Å². The zero-order valence-electron chi connectivity index (χ0n) is 10.2. The van der Waals surface area contributed by atoms with Gasteiger partial charge < -0.3 is 5.32 Å². The fraction of sp³-hybridized carbons (Fsp3) is 0.600. The van der Waals surface area contributed by atoms with Crippen molar-refractivity contribution in [3.8, 4) is 0 Å².